The van der Waals surface area contributed by atoms with Crippen LogP contribution in [0.1, 0.15) is 11.3 Å². The Morgan fingerprint density at radius 3 is 2.56 bits per heavy atom. The number of imidazole rings is 1. The van der Waals surface area contributed by atoms with E-state index < -0.39 is 10.0 Å². The van der Waals surface area contributed by atoms with Gasteiger partial charge >= 0.3 is 0 Å². The van der Waals surface area contributed by atoms with Crippen molar-refractivity contribution in [3.8, 4) is 0 Å². The molecule has 0 bridgehead atoms. The predicted molar refractivity (Wildman–Crippen MR) is 71.7 cm³/mol. The van der Waals surface area contributed by atoms with E-state index in [1.54, 1.807) is 30.5 Å². The van der Waals surface area contributed by atoms with Crippen molar-refractivity contribution >= 4 is 26.0 Å². The van der Waals surface area contributed by atoms with Crippen molar-refractivity contribution in [2.45, 2.75) is 16.8 Å². The molecule has 7 heteroatoms. The lowest BCUT2D eigenvalue weighted by Crippen LogP contribution is -2.23. The van der Waals surface area contributed by atoms with Gasteiger partial charge in [-0.3, -0.25) is 0 Å². The van der Waals surface area contributed by atoms with Gasteiger partial charge in [0.05, 0.1) is 17.8 Å². The number of hydrogen-bond acceptors (Lipinski definition) is 3. The van der Waals surface area contributed by atoms with E-state index in [4.69, 9.17) is 0 Å². The lowest BCUT2D eigenvalue weighted by atomic mass is 10.2. The van der Waals surface area contributed by atoms with E-state index in [1.807, 2.05) is 0 Å². The number of nitrogens with one attached hydrogen (secondary N) is 2. The molecule has 1 heterocycles. The summed E-state index contributed by atoms with van der Waals surface area (Å²) in [6, 6.07) is 6.73. The molecule has 0 aliphatic rings. The highest BCUT2D eigenvalue weighted by Crippen LogP contribution is 2.12. The number of alkyl halides is 1. The smallest absolute Gasteiger partial charge is 0.240 e. The third-order valence-corrected chi connectivity index (χ3v) is 4.46. The molecule has 2 N–H and O–H groups in total. The van der Waals surface area contributed by atoms with Gasteiger partial charge in [0.15, 0.2) is 0 Å². The highest BCUT2D eigenvalue weighted by atomic mass is 79.9. The van der Waals surface area contributed by atoms with Gasteiger partial charge in [0.2, 0.25) is 10.0 Å². The van der Waals surface area contributed by atoms with E-state index in [2.05, 4.69) is 30.6 Å². The first-order valence-corrected chi connectivity index (χ1v) is 7.84. The van der Waals surface area contributed by atoms with Crippen molar-refractivity contribution in [2.75, 3.05) is 0 Å². The van der Waals surface area contributed by atoms with Gasteiger partial charge in [0, 0.05) is 17.2 Å². The number of H-pyrrole nitrogens is 1. The summed E-state index contributed by atoms with van der Waals surface area (Å²) < 4.78 is 26.4. The van der Waals surface area contributed by atoms with Crippen LogP contribution in [0.25, 0.3) is 0 Å². The molecule has 0 saturated heterocycles. The Hall–Kier alpha value is -1.18. The van der Waals surface area contributed by atoms with Gasteiger partial charge in [-0.1, -0.05) is 28.1 Å². The van der Waals surface area contributed by atoms with Crippen molar-refractivity contribution in [1.29, 1.82) is 0 Å². The van der Waals surface area contributed by atoms with Crippen LogP contribution in [0.15, 0.2) is 41.7 Å². The number of aromatic amines is 1. The molecule has 18 heavy (non-hydrogen) atoms. The topological polar surface area (TPSA) is 74.8 Å². The van der Waals surface area contributed by atoms with Crippen molar-refractivity contribution in [2.24, 2.45) is 0 Å². The van der Waals surface area contributed by atoms with Gasteiger partial charge in [-0.15, -0.1) is 0 Å². The minimum atomic E-state index is -3.47. The molecule has 1 aromatic carbocycles. The van der Waals surface area contributed by atoms with Gasteiger partial charge < -0.3 is 4.98 Å². The Kier molecular flexibility index (Phi) is 4.15. The Bertz CT molecular complexity index is 594. The van der Waals surface area contributed by atoms with Gasteiger partial charge in [-0.05, 0) is 17.7 Å². The second-order valence-electron chi connectivity index (χ2n) is 3.68. The molecular formula is C11H12BrN3O2S. The number of sulfonamides is 1. The molecule has 1 aromatic heterocycles. The molecule has 2 aromatic rings. The number of halogens is 1. The molecular weight excluding hydrogens is 318 g/mol. The molecule has 0 unspecified atom stereocenters. The zero-order chi connectivity index (χ0) is 13.0. The number of benzene rings is 1. The maximum atomic E-state index is 12.0. The van der Waals surface area contributed by atoms with Crippen molar-refractivity contribution in [1.82, 2.24) is 14.7 Å². The molecule has 0 aliphatic carbocycles. The van der Waals surface area contributed by atoms with Crippen molar-refractivity contribution < 1.29 is 8.42 Å². The van der Waals surface area contributed by atoms with Crippen LogP contribution >= 0.6 is 15.9 Å². The first-order chi connectivity index (χ1) is 8.62. The normalized spacial score (nSPS) is 11.6. The quantitative estimate of drug-likeness (QED) is 0.821. The molecule has 0 fully saturated rings. The van der Waals surface area contributed by atoms with Gasteiger partial charge in [0.25, 0.3) is 0 Å². The molecule has 5 nitrogen and oxygen atoms in total. The number of nitrogens with zero attached hydrogens (tertiary/aromatic N) is 1. The molecule has 0 atom stereocenters. The average molecular weight is 330 g/mol. The summed E-state index contributed by atoms with van der Waals surface area (Å²) in [5.41, 5.74) is 1.75. The van der Waals surface area contributed by atoms with E-state index in [1.165, 1.54) is 6.33 Å². The lowest BCUT2D eigenvalue weighted by molar-refractivity contribution is 0.580. The number of aromatic nitrogens is 2. The molecule has 0 radical (unpaired) electrons. The Morgan fingerprint density at radius 2 is 2.00 bits per heavy atom. The first-order valence-electron chi connectivity index (χ1n) is 5.23. The molecule has 2 rings (SSSR count). The van der Waals surface area contributed by atoms with E-state index >= 15 is 0 Å². The zero-order valence-electron chi connectivity index (χ0n) is 9.43. The summed E-state index contributed by atoms with van der Waals surface area (Å²) in [7, 11) is -3.47. The largest absolute Gasteiger partial charge is 0.347 e. The van der Waals surface area contributed by atoms with Crippen LogP contribution in [-0.2, 0) is 21.9 Å². The van der Waals surface area contributed by atoms with Crippen LogP contribution in [0, 0.1) is 0 Å². The Balaban J connectivity index is 2.09. The second-order valence-corrected chi connectivity index (χ2v) is 6.01. The van der Waals surface area contributed by atoms with E-state index in [9.17, 15) is 8.42 Å². The van der Waals surface area contributed by atoms with Crippen LogP contribution in [0.5, 0.6) is 0 Å². The minimum Gasteiger partial charge on any atom is -0.347 e. The minimum absolute atomic E-state index is 0.197. The van der Waals surface area contributed by atoms with Crippen molar-refractivity contribution in [3.63, 3.8) is 0 Å². The molecule has 96 valence electrons. The van der Waals surface area contributed by atoms with E-state index in [0.29, 0.717) is 5.33 Å². The molecule has 0 spiro atoms. The Morgan fingerprint density at radius 1 is 1.28 bits per heavy atom. The third-order valence-electron chi connectivity index (χ3n) is 2.40. The zero-order valence-corrected chi connectivity index (χ0v) is 11.8. The maximum absolute atomic E-state index is 12.0. The fourth-order valence-electron chi connectivity index (χ4n) is 1.40. The van der Waals surface area contributed by atoms with Crippen LogP contribution in [0.3, 0.4) is 0 Å². The fraction of sp³-hybridized carbons (Fsp3) is 0.182. The van der Waals surface area contributed by atoms with E-state index in [0.717, 1.165) is 11.3 Å². The summed E-state index contributed by atoms with van der Waals surface area (Å²) >= 11 is 3.31. The predicted octanol–water partition coefficient (Wildman–Crippen LogP) is 1.78. The summed E-state index contributed by atoms with van der Waals surface area (Å²) in [6.45, 7) is 0.197. The van der Waals surface area contributed by atoms with Crippen molar-refractivity contribution in [3.05, 3.63) is 48.0 Å². The summed E-state index contributed by atoms with van der Waals surface area (Å²) in [5, 5.41) is 0.703. The molecule has 0 saturated carbocycles. The van der Waals surface area contributed by atoms with Crippen LogP contribution < -0.4 is 4.72 Å². The highest BCUT2D eigenvalue weighted by molar-refractivity contribution is 9.08. The number of hydrogen-bond donors (Lipinski definition) is 2. The third kappa shape index (κ3) is 3.18. The average Bonchev–Trinajstić information content (AvgIpc) is 2.90. The first kappa shape index (κ1) is 13.3. The summed E-state index contributed by atoms with van der Waals surface area (Å²) in [6.07, 6.45) is 3.09. The standard InChI is InChI=1S/C11H12BrN3O2S/c12-5-9-1-3-11(4-2-9)18(16,17)15-7-10-6-13-8-14-10/h1-4,6,8,15H,5,7H2,(H,13,14). The van der Waals surface area contributed by atoms with Crippen LogP contribution in [0.4, 0.5) is 0 Å². The monoisotopic (exact) mass is 329 g/mol. The van der Waals surface area contributed by atoms with E-state index in [-0.39, 0.29) is 11.4 Å². The maximum Gasteiger partial charge on any atom is 0.240 e. The number of rotatable bonds is 5. The Labute approximate surface area is 114 Å². The van der Waals surface area contributed by atoms with Crippen LogP contribution in [-0.4, -0.2) is 18.4 Å². The summed E-state index contributed by atoms with van der Waals surface area (Å²) in [5.74, 6) is 0. The molecule has 0 amide bonds. The second kappa shape index (κ2) is 5.64. The lowest BCUT2D eigenvalue weighted by Gasteiger charge is -2.06. The van der Waals surface area contributed by atoms with Gasteiger partial charge in [0.1, 0.15) is 0 Å². The van der Waals surface area contributed by atoms with Gasteiger partial charge in [-0.2, -0.15) is 0 Å². The molecule has 0 aliphatic heterocycles. The fourth-order valence-corrected chi connectivity index (χ4v) is 2.78. The SMILES string of the molecule is O=S(=O)(NCc1cnc[nH]1)c1ccc(CBr)cc1. The summed E-state index contributed by atoms with van der Waals surface area (Å²) in [4.78, 5) is 6.91. The van der Waals surface area contributed by atoms with Crippen LogP contribution in [0.2, 0.25) is 0 Å². The van der Waals surface area contributed by atoms with Gasteiger partial charge in [-0.25, -0.2) is 18.1 Å². The highest BCUT2D eigenvalue weighted by Gasteiger charge is 2.13.